The first kappa shape index (κ1) is 29.0. The fraction of sp³-hybridized carbons (Fsp3) is 0.464. The lowest BCUT2D eigenvalue weighted by Gasteiger charge is -2.18. The third-order valence-electron chi connectivity index (χ3n) is 5.37. The highest BCUT2D eigenvalue weighted by Crippen LogP contribution is 2.35. The van der Waals surface area contributed by atoms with E-state index >= 15 is 0 Å². The Balaban J connectivity index is 1.85. The van der Waals surface area contributed by atoms with E-state index in [4.69, 9.17) is 23.7 Å². The number of rotatable bonds is 18. The van der Waals surface area contributed by atoms with Crippen molar-refractivity contribution in [1.29, 1.82) is 0 Å². The van der Waals surface area contributed by atoms with Gasteiger partial charge in [-0.15, -0.1) is 0 Å². The SMILES string of the molecule is COCCOc1c(C)ccc(C(=O)COC(=O)CCCCC(=O)Cc2ccccc2)c1OCCOC. The molecule has 0 aliphatic rings. The van der Waals surface area contributed by atoms with Gasteiger partial charge in [0.1, 0.15) is 19.0 Å². The van der Waals surface area contributed by atoms with Crippen molar-refractivity contribution in [2.75, 3.05) is 47.3 Å². The normalized spacial score (nSPS) is 10.6. The Hall–Kier alpha value is -3.23. The average Bonchev–Trinajstić information content (AvgIpc) is 2.87. The summed E-state index contributed by atoms with van der Waals surface area (Å²) in [5.41, 5.74) is 2.05. The second-order valence-electron chi connectivity index (χ2n) is 8.26. The highest BCUT2D eigenvalue weighted by Gasteiger charge is 2.21. The maximum absolute atomic E-state index is 12.9. The number of hydrogen-bond donors (Lipinski definition) is 0. The summed E-state index contributed by atoms with van der Waals surface area (Å²) in [6, 6.07) is 12.9. The minimum absolute atomic E-state index is 0.133. The Kier molecular flexibility index (Phi) is 13.2. The van der Waals surface area contributed by atoms with Crippen molar-refractivity contribution in [3.05, 3.63) is 59.2 Å². The van der Waals surface area contributed by atoms with Gasteiger partial charge >= 0.3 is 5.97 Å². The van der Waals surface area contributed by atoms with Gasteiger partial charge in [-0.05, 0) is 37.0 Å². The molecule has 0 heterocycles. The highest BCUT2D eigenvalue weighted by atomic mass is 16.6. The van der Waals surface area contributed by atoms with E-state index in [1.807, 2.05) is 37.3 Å². The molecule has 0 bridgehead atoms. The number of unbranched alkanes of at least 4 members (excludes halogenated alkanes) is 1. The number of benzene rings is 2. The van der Waals surface area contributed by atoms with E-state index in [0.29, 0.717) is 57.0 Å². The summed E-state index contributed by atoms with van der Waals surface area (Å²) in [4.78, 5) is 37.1. The zero-order chi connectivity index (χ0) is 26.2. The summed E-state index contributed by atoms with van der Waals surface area (Å²) in [6.07, 6.45) is 2.04. The minimum atomic E-state index is -0.482. The molecule has 0 saturated heterocycles. The molecule has 2 aromatic carbocycles. The number of aryl methyl sites for hydroxylation is 1. The molecule has 0 unspecified atom stereocenters. The van der Waals surface area contributed by atoms with E-state index in [0.717, 1.165) is 11.1 Å². The van der Waals surface area contributed by atoms with Gasteiger partial charge in [-0.25, -0.2) is 0 Å². The van der Waals surface area contributed by atoms with Crippen molar-refractivity contribution in [2.24, 2.45) is 0 Å². The lowest BCUT2D eigenvalue weighted by atomic mass is 10.0. The first-order chi connectivity index (χ1) is 17.5. The summed E-state index contributed by atoms with van der Waals surface area (Å²) in [6.45, 7) is 2.67. The molecule has 0 spiro atoms. The summed E-state index contributed by atoms with van der Waals surface area (Å²) >= 11 is 0. The largest absolute Gasteiger partial charge is 0.487 e. The number of methoxy groups -OCH3 is 2. The molecule has 8 heteroatoms. The van der Waals surface area contributed by atoms with Crippen LogP contribution < -0.4 is 9.47 Å². The van der Waals surface area contributed by atoms with E-state index < -0.39 is 18.4 Å². The van der Waals surface area contributed by atoms with Crippen LogP contribution in [0.25, 0.3) is 0 Å². The fourth-order valence-corrected chi connectivity index (χ4v) is 3.46. The van der Waals surface area contributed by atoms with Crippen molar-refractivity contribution >= 4 is 17.5 Å². The number of hydrogen-bond acceptors (Lipinski definition) is 8. The Morgan fingerprint density at radius 3 is 2.06 bits per heavy atom. The van der Waals surface area contributed by atoms with Gasteiger partial charge in [0.05, 0.1) is 18.8 Å². The van der Waals surface area contributed by atoms with Crippen LogP contribution in [0.1, 0.15) is 47.2 Å². The van der Waals surface area contributed by atoms with Gasteiger partial charge in [0.15, 0.2) is 18.1 Å². The molecule has 8 nitrogen and oxygen atoms in total. The maximum atomic E-state index is 12.9. The maximum Gasteiger partial charge on any atom is 0.306 e. The molecular weight excluding hydrogens is 464 g/mol. The number of carbonyl (C=O) groups is 3. The van der Waals surface area contributed by atoms with Crippen molar-refractivity contribution < 1.29 is 38.1 Å². The smallest absolute Gasteiger partial charge is 0.306 e. The molecule has 2 rings (SSSR count). The summed E-state index contributed by atoms with van der Waals surface area (Å²) in [5.74, 6) is -0.00921. The van der Waals surface area contributed by atoms with Gasteiger partial charge in [0.2, 0.25) is 5.78 Å². The van der Waals surface area contributed by atoms with E-state index in [1.165, 1.54) is 0 Å². The van der Waals surface area contributed by atoms with Crippen LogP contribution in [-0.2, 0) is 30.2 Å². The van der Waals surface area contributed by atoms with E-state index in [2.05, 4.69) is 0 Å². The first-order valence-corrected chi connectivity index (χ1v) is 12.1. The van der Waals surface area contributed by atoms with Crippen molar-refractivity contribution in [3.63, 3.8) is 0 Å². The van der Waals surface area contributed by atoms with Gasteiger partial charge in [-0.3, -0.25) is 14.4 Å². The molecule has 0 saturated carbocycles. The molecule has 0 aliphatic carbocycles. The molecule has 2 aromatic rings. The van der Waals surface area contributed by atoms with Crippen molar-refractivity contribution in [1.82, 2.24) is 0 Å². The van der Waals surface area contributed by atoms with Crippen molar-refractivity contribution in [3.8, 4) is 11.5 Å². The Morgan fingerprint density at radius 1 is 0.750 bits per heavy atom. The second kappa shape index (κ2) is 16.4. The van der Waals surface area contributed by atoms with Crippen LogP contribution in [0.5, 0.6) is 11.5 Å². The Morgan fingerprint density at radius 2 is 1.39 bits per heavy atom. The molecule has 0 N–H and O–H groups in total. The monoisotopic (exact) mass is 500 g/mol. The molecule has 0 amide bonds. The lowest BCUT2D eigenvalue weighted by molar-refractivity contribution is -0.142. The Bertz CT molecular complexity index is 971. The molecule has 0 radical (unpaired) electrons. The molecule has 0 aromatic heterocycles. The molecule has 0 atom stereocenters. The minimum Gasteiger partial charge on any atom is -0.487 e. The lowest BCUT2D eigenvalue weighted by Crippen LogP contribution is -2.17. The van der Waals surface area contributed by atoms with Crippen LogP contribution in [-0.4, -0.2) is 64.8 Å². The van der Waals surface area contributed by atoms with Crippen LogP contribution in [0.4, 0.5) is 0 Å². The van der Waals surface area contributed by atoms with Crippen LogP contribution in [0.15, 0.2) is 42.5 Å². The average molecular weight is 501 g/mol. The molecule has 196 valence electrons. The predicted molar refractivity (Wildman–Crippen MR) is 135 cm³/mol. The zero-order valence-electron chi connectivity index (χ0n) is 21.4. The third kappa shape index (κ3) is 10.2. The molecular formula is C28H36O8. The molecule has 36 heavy (non-hydrogen) atoms. The van der Waals surface area contributed by atoms with E-state index in [9.17, 15) is 14.4 Å². The number of carbonyl (C=O) groups excluding carboxylic acids is 3. The number of esters is 1. The summed E-state index contributed by atoms with van der Waals surface area (Å²) in [7, 11) is 3.13. The van der Waals surface area contributed by atoms with Crippen LogP contribution in [0.2, 0.25) is 0 Å². The molecule has 0 aliphatic heterocycles. The van der Waals surface area contributed by atoms with Gasteiger partial charge in [-0.1, -0.05) is 36.4 Å². The Labute approximate surface area is 212 Å². The van der Waals surface area contributed by atoms with E-state index in [-0.39, 0.29) is 24.4 Å². The van der Waals surface area contributed by atoms with Crippen LogP contribution >= 0.6 is 0 Å². The summed E-state index contributed by atoms with van der Waals surface area (Å²) < 4.78 is 26.9. The number of ether oxygens (including phenoxy) is 5. The third-order valence-corrected chi connectivity index (χ3v) is 5.37. The number of ketones is 2. The fourth-order valence-electron chi connectivity index (χ4n) is 3.46. The second-order valence-corrected chi connectivity index (χ2v) is 8.26. The quantitative estimate of drug-likeness (QED) is 0.171. The van der Waals surface area contributed by atoms with Gasteiger partial charge in [0.25, 0.3) is 0 Å². The molecule has 0 fully saturated rings. The van der Waals surface area contributed by atoms with Crippen LogP contribution in [0.3, 0.4) is 0 Å². The topological polar surface area (TPSA) is 97.4 Å². The number of Topliss-reactive ketones (excluding diaryl/α,β-unsaturated/α-hetero) is 2. The zero-order valence-corrected chi connectivity index (χ0v) is 21.4. The standard InChI is InChI=1S/C28H36O8/c1-21-13-14-24(28(35-18-16-33-3)27(21)34-17-15-32-2)25(30)20-36-26(31)12-8-7-11-23(29)19-22-9-5-4-6-10-22/h4-6,9-10,13-14H,7-8,11-12,15-20H2,1-3H3. The summed E-state index contributed by atoms with van der Waals surface area (Å²) in [5, 5.41) is 0. The predicted octanol–water partition coefficient (Wildman–Crippen LogP) is 4.14. The highest BCUT2D eigenvalue weighted by molar-refractivity contribution is 6.01. The van der Waals surface area contributed by atoms with Crippen LogP contribution in [0, 0.1) is 6.92 Å². The first-order valence-electron chi connectivity index (χ1n) is 12.1. The van der Waals surface area contributed by atoms with Crippen molar-refractivity contribution in [2.45, 2.75) is 39.0 Å². The van der Waals surface area contributed by atoms with Gasteiger partial charge < -0.3 is 23.7 Å². The van der Waals surface area contributed by atoms with E-state index in [1.54, 1.807) is 26.4 Å². The van der Waals surface area contributed by atoms with Gasteiger partial charge in [-0.2, -0.15) is 0 Å². The van der Waals surface area contributed by atoms with Gasteiger partial charge in [0, 0.05) is 33.5 Å².